The van der Waals surface area contributed by atoms with Crippen LogP contribution >= 0.6 is 23.2 Å². The van der Waals surface area contributed by atoms with Crippen molar-refractivity contribution in [1.82, 2.24) is 4.31 Å². The van der Waals surface area contributed by atoms with Crippen LogP contribution in [0.15, 0.2) is 17.0 Å². The topological polar surface area (TPSA) is 46.6 Å². The van der Waals surface area contributed by atoms with Gasteiger partial charge in [0.25, 0.3) is 0 Å². The standard InChI is InChI=1S/C13H16Cl2FNO3S/c1-8-6-17(7-9(2)20-8)21(18,19)12-4-11(15)3-10(5-14)13(12)16/h3-4,8-9H,5-7H2,1-2H3/t8-,9+. The summed E-state index contributed by atoms with van der Waals surface area (Å²) in [6.45, 7) is 3.90. The summed E-state index contributed by atoms with van der Waals surface area (Å²) in [5, 5.41) is 0.139. The van der Waals surface area contributed by atoms with E-state index in [9.17, 15) is 12.8 Å². The summed E-state index contributed by atoms with van der Waals surface area (Å²) >= 11 is 11.5. The van der Waals surface area contributed by atoms with Crippen LogP contribution in [-0.4, -0.2) is 38.0 Å². The predicted molar refractivity (Wildman–Crippen MR) is 79.7 cm³/mol. The fourth-order valence-electron chi connectivity index (χ4n) is 2.37. The molecule has 8 heteroatoms. The lowest BCUT2D eigenvalue weighted by Crippen LogP contribution is -2.48. The molecule has 0 saturated carbocycles. The van der Waals surface area contributed by atoms with Crippen molar-refractivity contribution in [3.8, 4) is 0 Å². The van der Waals surface area contributed by atoms with Gasteiger partial charge in [0.1, 0.15) is 10.7 Å². The van der Waals surface area contributed by atoms with E-state index in [1.54, 1.807) is 13.8 Å². The summed E-state index contributed by atoms with van der Waals surface area (Å²) in [4.78, 5) is -0.438. The van der Waals surface area contributed by atoms with Crippen molar-refractivity contribution in [2.75, 3.05) is 13.1 Å². The number of nitrogens with zero attached hydrogens (tertiary/aromatic N) is 1. The minimum Gasteiger partial charge on any atom is -0.373 e. The summed E-state index contributed by atoms with van der Waals surface area (Å²) in [6.07, 6.45) is -0.503. The molecule has 2 atom stereocenters. The first-order chi connectivity index (χ1) is 9.75. The summed E-state index contributed by atoms with van der Waals surface area (Å²) in [7, 11) is -3.98. The monoisotopic (exact) mass is 355 g/mol. The van der Waals surface area contributed by atoms with Crippen LogP contribution in [0.5, 0.6) is 0 Å². The quantitative estimate of drug-likeness (QED) is 0.783. The highest BCUT2D eigenvalue weighted by Gasteiger charge is 2.34. The maximum atomic E-state index is 14.3. The Hall–Kier alpha value is -0.400. The molecule has 1 aliphatic heterocycles. The highest BCUT2D eigenvalue weighted by atomic mass is 35.5. The van der Waals surface area contributed by atoms with Gasteiger partial charge in [-0.05, 0) is 26.0 Å². The number of morpholine rings is 1. The Morgan fingerprint density at radius 1 is 1.33 bits per heavy atom. The molecule has 118 valence electrons. The van der Waals surface area contributed by atoms with Crippen LogP contribution in [-0.2, 0) is 20.6 Å². The maximum Gasteiger partial charge on any atom is 0.246 e. The third kappa shape index (κ3) is 3.51. The number of sulfonamides is 1. The van der Waals surface area contributed by atoms with Crippen LogP contribution in [0.4, 0.5) is 4.39 Å². The number of ether oxygens (including phenoxy) is 1. The minimum atomic E-state index is -3.98. The van der Waals surface area contributed by atoms with Gasteiger partial charge >= 0.3 is 0 Å². The molecule has 0 radical (unpaired) electrons. The van der Waals surface area contributed by atoms with E-state index in [4.69, 9.17) is 27.9 Å². The fraction of sp³-hybridized carbons (Fsp3) is 0.538. The summed E-state index contributed by atoms with van der Waals surface area (Å²) in [5.74, 6) is -0.994. The number of hydrogen-bond donors (Lipinski definition) is 0. The molecule has 4 nitrogen and oxygen atoms in total. The lowest BCUT2D eigenvalue weighted by molar-refractivity contribution is -0.0441. The van der Waals surface area contributed by atoms with Crippen molar-refractivity contribution >= 4 is 33.2 Å². The molecule has 1 aromatic rings. The molecule has 0 spiro atoms. The van der Waals surface area contributed by atoms with Crippen LogP contribution in [0.1, 0.15) is 19.4 Å². The van der Waals surface area contributed by atoms with Crippen molar-refractivity contribution in [1.29, 1.82) is 0 Å². The van der Waals surface area contributed by atoms with Crippen LogP contribution < -0.4 is 0 Å². The summed E-state index contributed by atoms with van der Waals surface area (Å²) in [6, 6.07) is 2.44. The van der Waals surface area contributed by atoms with E-state index in [2.05, 4.69) is 0 Å². The molecule has 0 bridgehead atoms. The molecule has 0 aromatic heterocycles. The molecular weight excluding hydrogens is 340 g/mol. The van der Waals surface area contributed by atoms with Crippen molar-refractivity contribution < 1.29 is 17.5 Å². The molecule has 1 saturated heterocycles. The molecule has 1 aliphatic rings. The zero-order valence-corrected chi connectivity index (χ0v) is 14.0. The molecule has 1 heterocycles. The van der Waals surface area contributed by atoms with Crippen molar-refractivity contribution in [3.63, 3.8) is 0 Å². The van der Waals surface area contributed by atoms with Crippen LogP contribution in [0.25, 0.3) is 0 Å². The van der Waals surface area contributed by atoms with E-state index >= 15 is 0 Å². The molecular formula is C13H16Cl2FNO3S. The number of halogens is 3. The Bertz CT molecular complexity index is 629. The Morgan fingerprint density at radius 2 is 1.90 bits per heavy atom. The summed E-state index contributed by atoms with van der Waals surface area (Å²) in [5.41, 5.74) is 0.0668. The zero-order valence-electron chi connectivity index (χ0n) is 11.6. The number of alkyl halides is 1. The highest BCUT2D eigenvalue weighted by molar-refractivity contribution is 7.89. The van der Waals surface area contributed by atoms with Crippen molar-refractivity contribution in [3.05, 3.63) is 28.5 Å². The highest BCUT2D eigenvalue weighted by Crippen LogP contribution is 2.28. The average Bonchev–Trinajstić information content (AvgIpc) is 2.39. The molecule has 0 N–H and O–H groups in total. The van der Waals surface area contributed by atoms with Gasteiger partial charge in [0, 0.05) is 23.7 Å². The average molecular weight is 356 g/mol. The van der Waals surface area contributed by atoms with Gasteiger partial charge in [0.15, 0.2) is 0 Å². The van der Waals surface area contributed by atoms with E-state index in [1.165, 1.54) is 10.4 Å². The normalized spacial score (nSPS) is 24.2. The largest absolute Gasteiger partial charge is 0.373 e. The number of rotatable bonds is 3. The summed E-state index contributed by atoms with van der Waals surface area (Å²) < 4.78 is 46.3. The van der Waals surface area contributed by atoms with Crippen molar-refractivity contribution in [2.45, 2.75) is 36.8 Å². The van der Waals surface area contributed by atoms with Gasteiger partial charge < -0.3 is 4.74 Å². The van der Waals surface area contributed by atoms with Crippen LogP contribution in [0.2, 0.25) is 5.02 Å². The van der Waals surface area contributed by atoms with E-state index < -0.39 is 20.7 Å². The first-order valence-electron chi connectivity index (χ1n) is 6.45. The van der Waals surface area contributed by atoms with Gasteiger partial charge in [-0.3, -0.25) is 0 Å². The molecule has 0 aliphatic carbocycles. The smallest absolute Gasteiger partial charge is 0.246 e. The van der Waals surface area contributed by atoms with Gasteiger partial charge in [-0.15, -0.1) is 11.6 Å². The van der Waals surface area contributed by atoms with E-state index in [0.29, 0.717) is 0 Å². The second-order valence-electron chi connectivity index (χ2n) is 5.09. The first-order valence-corrected chi connectivity index (χ1v) is 8.80. The Kier molecular flexibility index (Phi) is 5.15. The maximum absolute atomic E-state index is 14.3. The Balaban J connectivity index is 2.47. The molecule has 1 fully saturated rings. The predicted octanol–water partition coefficient (Wildman–Crippen LogP) is 3.02. The number of hydrogen-bond acceptors (Lipinski definition) is 3. The third-order valence-corrected chi connectivity index (χ3v) is 5.56. The van der Waals surface area contributed by atoms with Crippen LogP contribution in [0, 0.1) is 5.82 Å². The Morgan fingerprint density at radius 3 is 2.43 bits per heavy atom. The van der Waals surface area contributed by atoms with E-state index in [-0.39, 0.29) is 41.8 Å². The lowest BCUT2D eigenvalue weighted by Gasteiger charge is -2.34. The molecule has 0 amide bonds. The van der Waals surface area contributed by atoms with Gasteiger partial charge in [0.2, 0.25) is 10.0 Å². The number of benzene rings is 1. The SMILES string of the molecule is C[C@@H]1CN(S(=O)(=O)c2cc(Cl)cc(CCl)c2F)C[C@H](C)O1. The minimum absolute atomic E-state index is 0.0668. The lowest BCUT2D eigenvalue weighted by atomic mass is 10.2. The van der Waals surface area contributed by atoms with Crippen molar-refractivity contribution in [2.24, 2.45) is 0 Å². The first kappa shape index (κ1) is 17.0. The fourth-order valence-corrected chi connectivity index (χ4v) is 4.59. The van der Waals surface area contributed by atoms with Crippen LogP contribution in [0.3, 0.4) is 0 Å². The van der Waals surface area contributed by atoms with E-state index in [0.717, 1.165) is 6.07 Å². The van der Waals surface area contributed by atoms with E-state index in [1.807, 2.05) is 0 Å². The Labute approximate surface area is 133 Å². The van der Waals surface area contributed by atoms with Gasteiger partial charge in [-0.1, -0.05) is 11.6 Å². The van der Waals surface area contributed by atoms with Gasteiger partial charge in [0.05, 0.1) is 18.1 Å². The molecule has 2 rings (SSSR count). The van der Waals surface area contributed by atoms with Gasteiger partial charge in [-0.2, -0.15) is 4.31 Å². The zero-order chi connectivity index (χ0) is 15.8. The van der Waals surface area contributed by atoms with Gasteiger partial charge in [-0.25, -0.2) is 12.8 Å². The molecule has 21 heavy (non-hydrogen) atoms. The molecule has 1 aromatic carbocycles. The molecule has 0 unspecified atom stereocenters. The third-order valence-electron chi connectivity index (χ3n) is 3.23. The second kappa shape index (κ2) is 6.38. The second-order valence-corrected chi connectivity index (χ2v) is 7.70.